The van der Waals surface area contributed by atoms with Crippen LogP contribution in [0.1, 0.15) is 39.2 Å². The van der Waals surface area contributed by atoms with Crippen LogP contribution in [0.5, 0.6) is 0 Å². The zero-order valence-electron chi connectivity index (χ0n) is 11.3. The number of hydrogen-bond donors (Lipinski definition) is 4. The predicted molar refractivity (Wildman–Crippen MR) is 73.2 cm³/mol. The Bertz CT molecular complexity index is 379. The van der Waals surface area contributed by atoms with Gasteiger partial charge in [0.15, 0.2) is 0 Å². The van der Waals surface area contributed by atoms with Gasteiger partial charge in [0.05, 0.1) is 12.1 Å². The quantitative estimate of drug-likeness (QED) is 0.432. The first-order valence-electron chi connectivity index (χ1n) is 6.29. The monoisotopic (exact) mass is 253 g/mol. The number of anilines is 2. The molecule has 1 rings (SSSR count). The molecular weight excluding hydrogens is 230 g/mol. The summed E-state index contributed by atoms with van der Waals surface area (Å²) in [5, 5.41) is 12.7. The second-order valence-corrected chi connectivity index (χ2v) is 4.64. The molecule has 6 heteroatoms. The van der Waals surface area contributed by atoms with Crippen LogP contribution in [0.15, 0.2) is 6.33 Å². The van der Waals surface area contributed by atoms with Crippen LogP contribution in [-0.4, -0.2) is 27.2 Å². The molecule has 1 aromatic rings. The fourth-order valence-electron chi connectivity index (χ4n) is 1.66. The maximum atomic E-state index is 9.45. The first-order chi connectivity index (χ1) is 8.60. The Labute approximate surface area is 108 Å². The molecule has 1 atom stereocenters. The van der Waals surface area contributed by atoms with Crippen molar-refractivity contribution in [3.05, 3.63) is 11.9 Å². The molecule has 0 aliphatic heterocycles. The van der Waals surface area contributed by atoms with Crippen LogP contribution < -0.4 is 16.6 Å². The summed E-state index contributed by atoms with van der Waals surface area (Å²) in [6, 6.07) is 0. The molecule has 0 amide bonds. The van der Waals surface area contributed by atoms with Crippen molar-refractivity contribution in [3.8, 4) is 0 Å². The van der Waals surface area contributed by atoms with Crippen LogP contribution in [-0.2, 0) is 6.42 Å². The number of hydrogen-bond acceptors (Lipinski definition) is 6. The Balaban J connectivity index is 3.07. The van der Waals surface area contributed by atoms with E-state index in [1.165, 1.54) is 6.33 Å². The standard InChI is InChI=1S/C12H23N5O/c1-4-6-9-10(14-8-15-11(9)17-13)16-12(3,5-2)7-18/h8,18H,4-7,13H2,1-3H3,(H2,14,15,16,17). The summed E-state index contributed by atoms with van der Waals surface area (Å²) >= 11 is 0. The fourth-order valence-corrected chi connectivity index (χ4v) is 1.66. The van der Waals surface area contributed by atoms with Gasteiger partial charge in [-0.2, -0.15) is 0 Å². The van der Waals surface area contributed by atoms with E-state index in [-0.39, 0.29) is 12.1 Å². The lowest BCUT2D eigenvalue weighted by molar-refractivity contribution is 0.218. The Morgan fingerprint density at radius 2 is 2.00 bits per heavy atom. The highest BCUT2D eigenvalue weighted by Gasteiger charge is 2.23. The van der Waals surface area contributed by atoms with Crippen LogP contribution in [0.25, 0.3) is 0 Å². The second-order valence-electron chi connectivity index (χ2n) is 4.64. The highest BCUT2D eigenvalue weighted by molar-refractivity contribution is 5.57. The number of aliphatic hydroxyl groups is 1. The van der Waals surface area contributed by atoms with E-state index in [4.69, 9.17) is 5.84 Å². The Morgan fingerprint density at radius 1 is 1.33 bits per heavy atom. The van der Waals surface area contributed by atoms with Gasteiger partial charge in [0.1, 0.15) is 18.0 Å². The molecular formula is C12H23N5O. The van der Waals surface area contributed by atoms with Gasteiger partial charge in [-0.1, -0.05) is 20.3 Å². The summed E-state index contributed by atoms with van der Waals surface area (Å²) in [5.41, 5.74) is 3.16. The molecule has 0 saturated carbocycles. The molecule has 0 bridgehead atoms. The van der Waals surface area contributed by atoms with Gasteiger partial charge in [-0.25, -0.2) is 15.8 Å². The molecule has 0 saturated heterocycles. The van der Waals surface area contributed by atoms with E-state index in [0.29, 0.717) is 5.82 Å². The minimum absolute atomic E-state index is 0.0461. The minimum Gasteiger partial charge on any atom is -0.394 e. The second kappa shape index (κ2) is 6.51. The topological polar surface area (TPSA) is 96.1 Å². The molecule has 0 aliphatic rings. The van der Waals surface area contributed by atoms with Crippen LogP contribution in [0.2, 0.25) is 0 Å². The molecule has 0 aliphatic carbocycles. The third kappa shape index (κ3) is 3.30. The number of aliphatic hydroxyl groups excluding tert-OH is 1. The molecule has 1 heterocycles. The first kappa shape index (κ1) is 14.7. The van der Waals surface area contributed by atoms with Gasteiger partial charge < -0.3 is 15.8 Å². The molecule has 0 spiro atoms. The van der Waals surface area contributed by atoms with E-state index in [9.17, 15) is 5.11 Å². The normalized spacial score (nSPS) is 14.1. The maximum absolute atomic E-state index is 9.45. The van der Waals surface area contributed by atoms with E-state index in [1.54, 1.807) is 0 Å². The number of nitrogen functional groups attached to an aromatic ring is 1. The molecule has 0 radical (unpaired) electrons. The summed E-state index contributed by atoms with van der Waals surface area (Å²) in [6.45, 7) is 6.11. The number of rotatable bonds is 7. The summed E-state index contributed by atoms with van der Waals surface area (Å²) in [7, 11) is 0. The number of aromatic nitrogens is 2. The largest absolute Gasteiger partial charge is 0.394 e. The Morgan fingerprint density at radius 3 is 2.50 bits per heavy atom. The van der Waals surface area contributed by atoms with E-state index in [0.717, 1.165) is 30.6 Å². The van der Waals surface area contributed by atoms with Gasteiger partial charge in [-0.3, -0.25) is 0 Å². The highest BCUT2D eigenvalue weighted by atomic mass is 16.3. The van der Waals surface area contributed by atoms with E-state index >= 15 is 0 Å². The lowest BCUT2D eigenvalue weighted by atomic mass is 9.99. The van der Waals surface area contributed by atoms with Crippen LogP contribution in [0.3, 0.4) is 0 Å². The molecule has 1 aromatic heterocycles. The van der Waals surface area contributed by atoms with Crippen molar-refractivity contribution >= 4 is 11.6 Å². The van der Waals surface area contributed by atoms with Gasteiger partial charge in [-0.05, 0) is 19.8 Å². The first-order valence-corrected chi connectivity index (χ1v) is 6.29. The zero-order valence-corrected chi connectivity index (χ0v) is 11.3. The van der Waals surface area contributed by atoms with Gasteiger partial charge >= 0.3 is 0 Å². The third-order valence-electron chi connectivity index (χ3n) is 3.13. The SMILES string of the molecule is CCCc1c(NN)ncnc1NC(C)(CC)CO. The van der Waals surface area contributed by atoms with Crippen LogP contribution in [0.4, 0.5) is 11.6 Å². The number of nitrogens with one attached hydrogen (secondary N) is 2. The average Bonchev–Trinajstić information content (AvgIpc) is 2.40. The van der Waals surface area contributed by atoms with Gasteiger partial charge in [0, 0.05) is 5.56 Å². The van der Waals surface area contributed by atoms with Gasteiger partial charge in [0.25, 0.3) is 0 Å². The highest BCUT2D eigenvalue weighted by Crippen LogP contribution is 2.24. The van der Waals surface area contributed by atoms with E-state index in [2.05, 4.69) is 27.6 Å². The molecule has 18 heavy (non-hydrogen) atoms. The van der Waals surface area contributed by atoms with Crippen molar-refractivity contribution in [2.45, 2.75) is 45.6 Å². The third-order valence-corrected chi connectivity index (χ3v) is 3.13. The lowest BCUT2D eigenvalue weighted by Gasteiger charge is -2.29. The van der Waals surface area contributed by atoms with Gasteiger partial charge in [0.2, 0.25) is 0 Å². The summed E-state index contributed by atoms with van der Waals surface area (Å²) < 4.78 is 0. The maximum Gasteiger partial charge on any atom is 0.148 e. The summed E-state index contributed by atoms with van der Waals surface area (Å²) in [5.74, 6) is 6.83. The van der Waals surface area contributed by atoms with Crippen molar-refractivity contribution < 1.29 is 5.11 Å². The smallest absolute Gasteiger partial charge is 0.148 e. The molecule has 5 N–H and O–H groups in total. The lowest BCUT2D eigenvalue weighted by Crippen LogP contribution is -2.38. The van der Waals surface area contributed by atoms with Crippen LogP contribution in [0, 0.1) is 0 Å². The molecule has 0 fully saturated rings. The molecule has 102 valence electrons. The van der Waals surface area contributed by atoms with E-state index in [1.807, 2.05) is 13.8 Å². The minimum atomic E-state index is -0.386. The summed E-state index contributed by atoms with van der Waals surface area (Å²) in [4.78, 5) is 8.37. The van der Waals surface area contributed by atoms with Gasteiger partial charge in [-0.15, -0.1) is 0 Å². The van der Waals surface area contributed by atoms with Crippen molar-refractivity contribution in [1.29, 1.82) is 0 Å². The molecule has 6 nitrogen and oxygen atoms in total. The van der Waals surface area contributed by atoms with Crippen molar-refractivity contribution in [2.24, 2.45) is 5.84 Å². The number of hydrazine groups is 1. The van der Waals surface area contributed by atoms with Crippen molar-refractivity contribution in [3.63, 3.8) is 0 Å². The summed E-state index contributed by atoms with van der Waals surface area (Å²) in [6.07, 6.45) is 4.06. The van der Waals surface area contributed by atoms with Crippen molar-refractivity contribution in [1.82, 2.24) is 9.97 Å². The average molecular weight is 253 g/mol. The van der Waals surface area contributed by atoms with Crippen molar-refractivity contribution in [2.75, 3.05) is 17.3 Å². The Hall–Kier alpha value is -1.40. The van der Waals surface area contributed by atoms with E-state index < -0.39 is 0 Å². The number of nitrogens with zero attached hydrogens (tertiary/aromatic N) is 2. The molecule has 1 unspecified atom stereocenters. The van der Waals surface area contributed by atoms with Crippen LogP contribution >= 0.6 is 0 Å². The Kier molecular flexibility index (Phi) is 5.30. The predicted octanol–water partition coefficient (Wildman–Crippen LogP) is 1.29. The fraction of sp³-hybridized carbons (Fsp3) is 0.667. The zero-order chi connectivity index (χ0) is 13.6. The number of nitrogens with two attached hydrogens (primary N) is 1. The molecule has 0 aromatic carbocycles.